The lowest BCUT2D eigenvalue weighted by atomic mass is 10.1. The van der Waals surface area contributed by atoms with Gasteiger partial charge in [0, 0.05) is 31.8 Å². The van der Waals surface area contributed by atoms with Crippen LogP contribution < -0.4 is 0 Å². The van der Waals surface area contributed by atoms with Crippen LogP contribution in [0.1, 0.15) is 60.6 Å². The summed E-state index contributed by atoms with van der Waals surface area (Å²) in [7, 11) is 1.81. The zero-order valence-electron chi connectivity index (χ0n) is 12.6. The maximum Gasteiger partial charge on any atom is 0.274 e. The van der Waals surface area contributed by atoms with Crippen molar-refractivity contribution in [2.45, 2.75) is 38.6 Å². The van der Waals surface area contributed by atoms with Gasteiger partial charge in [-0.1, -0.05) is 19.0 Å². The van der Waals surface area contributed by atoms with E-state index in [4.69, 9.17) is 4.52 Å². The van der Waals surface area contributed by atoms with Crippen molar-refractivity contribution < 1.29 is 9.32 Å². The minimum absolute atomic E-state index is 0.00393. The minimum atomic E-state index is -0.0350. The van der Waals surface area contributed by atoms with E-state index in [-0.39, 0.29) is 11.9 Å². The summed E-state index contributed by atoms with van der Waals surface area (Å²) in [6.45, 7) is 4.87. The molecule has 0 N–H and O–H groups in total. The third-order valence-corrected chi connectivity index (χ3v) is 3.90. The molecule has 0 spiro atoms. The number of carbonyl (C=O) groups excluding carboxylic acids is 1. The van der Waals surface area contributed by atoms with Crippen molar-refractivity contribution >= 4 is 5.91 Å². The highest BCUT2D eigenvalue weighted by molar-refractivity contribution is 5.92. The fourth-order valence-electron chi connectivity index (χ4n) is 2.73. The van der Waals surface area contributed by atoms with Crippen molar-refractivity contribution in [3.8, 4) is 0 Å². The molecule has 1 atom stereocenters. The lowest BCUT2D eigenvalue weighted by Crippen LogP contribution is -2.31. The quantitative estimate of drug-likeness (QED) is 0.870. The van der Waals surface area contributed by atoms with Crippen LogP contribution in [0.3, 0.4) is 0 Å². The average molecular weight is 288 g/mol. The molecular weight excluding hydrogens is 268 g/mol. The van der Waals surface area contributed by atoms with E-state index in [1.807, 2.05) is 18.0 Å². The van der Waals surface area contributed by atoms with Gasteiger partial charge >= 0.3 is 0 Å². The number of likely N-dealkylation sites (tertiary alicyclic amines) is 1. The molecule has 0 saturated carbocycles. The molecule has 2 aromatic heterocycles. The number of hydrogen-bond donors (Lipinski definition) is 0. The Bertz CT molecular complexity index is 644. The van der Waals surface area contributed by atoms with E-state index in [0.29, 0.717) is 11.6 Å². The average Bonchev–Trinajstić information content (AvgIpc) is 3.17. The van der Waals surface area contributed by atoms with E-state index in [1.165, 1.54) is 0 Å². The third kappa shape index (κ3) is 2.57. The molecule has 0 aromatic carbocycles. The first-order valence-corrected chi connectivity index (χ1v) is 7.33. The van der Waals surface area contributed by atoms with Gasteiger partial charge in [-0.3, -0.25) is 9.48 Å². The van der Waals surface area contributed by atoms with Gasteiger partial charge in [-0.15, -0.1) is 0 Å². The van der Waals surface area contributed by atoms with E-state index in [2.05, 4.69) is 24.1 Å². The number of nitrogens with zero attached hydrogens (tertiary/aromatic N) is 4. The Hall–Kier alpha value is -2.11. The van der Waals surface area contributed by atoms with Gasteiger partial charge in [-0.25, -0.2) is 0 Å². The molecule has 6 heteroatoms. The van der Waals surface area contributed by atoms with Crippen molar-refractivity contribution in [1.82, 2.24) is 19.8 Å². The predicted molar refractivity (Wildman–Crippen MR) is 76.8 cm³/mol. The first kappa shape index (κ1) is 13.9. The Balaban J connectivity index is 1.83. The van der Waals surface area contributed by atoms with Crippen LogP contribution in [0.25, 0.3) is 0 Å². The maximum absolute atomic E-state index is 12.6. The SMILES string of the molecule is CC(C)c1cc(C2CCCN2C(=O)c2ccn(C)n2)no1. The first-order valence-electron chi connectivity index (χ1n) is 7.33. The minimum Gasteiger partial charge on any atom is -0.361 e. The molecule has 3 heterocycles. The van der Waals surface area contributed by atoms with E-state index >= 15 is 0 Å². The summed E-state index contributed by atoms with van der Waals surface area (Å²) < 4.78 is 7.01. The van der Waals surface area contributed by atoms with Gasteiger partial charge in [-0.05, 0) is 18.9 Å². The zero-order valence-corrected chi connectivity index (χ0v) is 12.6. The highest BCUT2D eigenvalue weighted by Crippen LogP contribution is 2.33. The van der Waals surface area contributed by atoms with Gasteiger partial charge in [0.25, 0.3) is 5.91 Å². The molecule has 1 amide bonds. The van der Waals surface area contributed by atoms with Crippen LogP contribution in [-0.4, -0.2) is 32.3 Å². The summed E-state index contributed by atoms with van der Waals surface area (Å²) in [6.07, 6.45) is 3.68. The first-order chi connectivity index (χ1) is 10.1. The van der Waals surface area contributed by atoms with Crippen molar-refractivity contribution in [1.29, 1.82) is 0 Å². The smallest absolute Gasteiger partial charge is 0.274 e. The topological polar surface area (TPSA) is 64.2 Å². The van der Waals surface area contributed by atoms with Crippen LogP contribution in [0, 0.1) is 0 Å². The Morgan fingerprint density at radius 2 is 2.29 bits per heavy atom. The number of amides is 1. The van der Waals surface area contributed by atoms with Crippen LogP contribution in [-0.2, 0) is 7.05 Å². The molecule has 0 bridgehead atoms. The maximum atomic E-state index is 12.6. The van der Waals surface area contributed by atoms with Crippen molar-refractivity contribution in [3.05, 3.63) is 35.5 Å². The van der Waals surface area contributed by atoms with Crippen LogP contribution in [0.2, 0.25) is 0 Å². The fraction of sp³-hybridized carbons (Fsp3) is 0.533. The van der Waals surface area contributed by atoms with Crippen LogP contribution in [0.5, 0.6) is 0 Å². The molecule has 1 aliphatic rings. The zero-order chi connectivity index (χ0) is 15.0. The molecule has 21 heavy (non-hydrogen) atoms. The van der Waals surface area contributed by atoms with Crippen molar-refractivity contribution in [3.63, 3.8) is 0 Å². The Labute approximate surface area is 123 Å². The molecule has 112 valence electrons. The van der Waals surface area contributed by atoms with Crippen LogP contribution >= 0.6 is 0 Å². The van der Waals surface area contributed by atoms with Gasteiger partial charge in [0.2, 0.25) is 0 Å². The summed E-state index contributed by atoms with van der Waals surface area (Å²) in [5.74, 6) is 1.13. The van der Waals surface area contributed by atoms with E-state index in [1.54, 1.807) is 16.9 Å². The number of aromatic nitrogens is 3. The molecule has 0 aliphatic carbocycles. The Morgan fingerprint density at radius 3 is 2.90 bits per heavy atom. The van der Waals surface area contributed by atoms with Crippen molar-refractivity contribution in [2.75, 3.05) is 6.54 Å². The second-order valence-corrected chi connectivity index (χ2v) is 5.84. The van der Waals surface area contributed by atoms with Gasteiger partial charge in [-0.2, -0.15) is 5.10 Å². The Morgan fingerprint density at radius 1 is 1.48 bits per heavy atom. The third-order valence-electron chi connectivity index (χ3n) is 3.90. The molecule has 1 saturated heterocycles. The van der Waals surface area contributed by atoms with E-state index < -0.39 is 0 Å². The van der Waals surface area contributed by atoms with Gasteiger partial charge in [0.1, 0.15) is 17.1 Å². The lowest BCUT2D eigenvalue weighted by molar-refractivity contribution is 0.0724. The number of aryl methyl sites for hydroxylation is 1. The molecule has 1 fully saturated rings. The van der Waals surface area contributed by atoms with Crippen molar-refractivity contribution in [2.24, 2.45) is 7.05 Å². The summed E-state index contributed by atoms with van der Waals surface area (Å²) in [6, 6.07) is 3.72. The second kappa shape index (κ2) is 5.35. The summed E-state index contributed by atoms with van der Waals surface area (Å²) >= 11 is 0. The fourth-order valence-corrected chi connectivity index (χ4v) is 2.73. The molecule has 2 aromatic rings. The lowest BCUT2D eigenvalue weighted by Gasteiger charge is -2.21. The highest BCUT2D eigenvalue weighted by atomic mass is 16.5. The predicted octanol–water partition coefficient (Wildman–Crippen LogP) is 2.51. The van der Waals surface area contributed by atoms with Crippen LogP contribution in [0.4, 0.5) is 0 Å². The van der Waals surface area contributed by atoms with E-state index in [0.717, 1.165) is 30.8 Å². The second-order valence-electron chi connectivity index (χ2n) is 5.84. The number of rotatable bonds is 3. The molecular formula is C15H20N4O2. The molecule has 3 rings (SSSR count). The number of carbonyl (C=O) groups is 1. The standard InChI is InChI=1S/C15H20N4O2/c1-10(2)14-9-12(17-21-14)13-5-4-7-19(13)15(20)11-6-8-18(3)16-11/h6,8-10,13H,4-5,7H2,1-3H3. The van der Waals surface area contributed by atoms with Crippen LogP contribution in [0.15, 0.2) is 22.9 Å². The molecule has 1 aliphatic heterocycles. The normalized spacial score (nSPS) is 18.7. The monoisotopic (exact) mass is 288 g/mol. The van der Waals surface area contributed by atoms with Gasteiger partial charge in [0.05, 0.1) is 6.04 Å². The molecule has 6 nitrogen and oxygen atoms in total. The summed E-state index contributed by atoms with van der Waals surface area (Å²) in [5, 5.41) is 8.35. The number of hydrogen-bond acceptors (Lipinski definition) is 4. The summed E-state index contributed by atoms with van der Waals surface area (Å²) in [5.41, 5.74) is 1.33. The summed E-state index contributed by atoms with van der Waals surface area (Å²) in [4.78, 5) is 14.4. The largest absolute Gasteiger partial charge is 0.361 e. The van der Waals surface area contributed by atoms with E-state index in [9.17, 15) is 4.79 Å². The van der Waals surface area contributed by atoms with Gasteiger partial charge < -0.3 is 9.42 Å². The van der Waals surface area contributed by atoms with Gasteiger partial charge in [0.15, 0.2) is 0 Å². The Kier molecular flexibility index (Phi) is 3.53. The molecule has 0 radical (unpaired) electrons. The highest BCUT2D eigenvalue weighted by Gasteiger charge is 2.33. The molecule has 1 unspecified atom stereocenters.